The Balaban J connectivity index is 0.00000180. The zero-order valence-corrected chi connectivity index (χ0v) is 12.3. The molecule has 0 aromatic carbocycles. The van der Waals surface area contributed by atoms with Crippen molar-refractivity contribution in [3.8, 4) is 0 Å². The van der Waals surface area contributed by atoms with E-state index in [2.05, 4.69) is 10.6 Å². The SMILES string of the molecule is CNC(=O)C1CCCN1C(=O)CCC1CCCN1.Cl. The van der Waals surface area contributed by atoms with Gasteiger partial charge in [0, 0.05) is 26.1 Å². The van der Waals surface area contributed by atoms with Gasteiger partial charge < -0.3 is 15.5 Å². The summed E-state index contributed by atoms with van der Waals surface area (Å²) in [6.07, 6.45) is 5.58. The largest absolute Gasteiger partial charge is 0.357 e. The predicted molar refractivity (Wildman–Crippen MR) is 76.3 cm³/mol. The van der Waals surface area contributed by atoms with Gasteiger partial charge in [-0.2, -0.15) is 0 Å². The van der Waals surface area contributed by atoms with Crippen LogP contribution in [0, 0.1) is 0 Å². The first-order valence-electron chi connectivity index (χ1n) is 6.97. The Morgan fingerprint density at radius 1 is 1.32 bits per heavy atom. The molecule has 0 aliphatic carbocycles. The van der Waals surface area contributed by atoms with Crippen LogP contribution in [0.4, 0.5) is 0 Å². The highest BCUT2D eigenvalue weighted by molar-refractivity contribution is 5.88. The second kappa shape index (κ2) is 7.70. The molecule has 0 spiro atoms. The summed E-state index contributed by atoms with van der Waals surface area (Å²) in [5.41, 5.74) is 0. The number of carbonyl (C=O) groups excluding carboxylic acids is 2. The summed E-state index contributed by atoms with van der Waals surface area (Å²) in [6.45, 7) is 1.80. The summed E-state index contributed by atoms with van der Waals surface area (Å²) < 4.78 is 0. The first-order valence-corrected chi connectivity index (χ1v) is 6.97. The Kier molecular flexibility index (Phi) is 6.58. The third kappa shape index (κ3) is 4.08. The predicted octanol–water partition coefficient (Wildman–Crippen LogP) is 0.677. The summed E-state index contributed by atoms with van der Waals surface area (Å²) in [6, 6.07) is 0.258. The number of nitrogens with zero attached hydrogens (tertiary/aromatic N) is 1. The summed E-state index contributed by atoms with van der Waals surface area (Å²) in [4.78, 5) is 25.6. The Morgan fingerprint density at radius 3 is 2.74 bits per heavy atom. The number of amides is 2. The maximum atomic E-state index is 12.2. The number of rotatable bonds is 4. The van der Waals surface area contributed by atoms with Crippen LogP contribution < -0.4 is 10.6 Å². The number of hydrogen-bond acceptors (Lipinski definition) is 3. The number of halogens is 1. The molecule has 0 aromatic rings. The Labute approximate surface area is 120 Å². The highest BCUT2D eigenvalue weighted by Crippen LogP contribution is 2.20. The van der Waals surface area contributed by atoms with E-state index in [1.54, 1.807) is 11.9 Å². The summed E-state index contributed by atoms with van der Waals surface area (Å²) >= 11 is 0. The molecule has 0 aromatic heterocycles. The minimum Gasteiger partial charge on any atom is -0.357 e. The quantitative estimate of drug-likeness (QED) is 0.800. The van der Waals surface area contributed by atoms with Crippen LogP contribution in [0.1, 0.15) is 38.5 Å². The lowest BCUT2D eigenvalue weighted by Gasteiger charge is -2.24. The van der Waals surface area contributed by atoms with Crippen molar-refractivity contribution in [3.05, 3.63) is 0 Å². The van der Waals surface area contributed by atoms with Gasteiger partial charge in [0.2, 0.25) is 11.8 Å². The normalized spacial score (nSPS) is 26.1. The smallest absolute Gasteiger partial charge is 0.242 e. The molecular formula is C13H24ClN3O2. The van der Waals surface area contributed by atoms with Crippen molar-refractivity contribution < 1.29 is 9.59 Å². The summed E-state index contributed by atoms with van der Waals surface area (Å²) in [5.74, 6) is 0.106. The van der Waals surface area contributed by atoms with E-state index >= 15 is 0 Å². The number of nitrogens with one attached hydrogen (secondary N) is 2. The lowest BCUT2D eigenvalue weighted by atomic mass is 10.1. The lowest BCUT2D eigenvalue weighted by Crippen LogP contribution is -2.45. The fourth-order valence-electron chi connectivity index (χ4n) is 2.95. The first-order chi connectivity index (χ1) is 8.72. The molecule has 2 unspecified atom stereocenters. The number of likely N-dealkylation sites (N-methyl/N-ethyl adjacent to an activating group) is 1. The molecule has 0 bridgehead atoms. The molecule has 6 heteroatoms. The molecule has 2 saturated heterocycles. The molecule has 0 radical (unpaired) electrons. The average Bonchev–Trinajstić information content (AvgIpc) is 3.05. The van der Waals surface area contributed by atoms with Gasteiger partial charge in [-0.3, -0.25) is 9.59 Å². The molecule has 2 rings (SSSR count). The van der Waals surface area contributed by atoms with Gasteiger partial charge in [0.25, 0.3) is 0 Å². The minimum atomic E-state index is -0.237. The molecule has 2 N–H and O–H groups in total. The zero-order chi connectivity index (χ0) is 13.0. The van der Waals surface area contributed by atoms with Crippen molar-refractivity contribution in [1.29, 1.82) is 0 Å². The molecule has 2 aliphatic heterocycles. The second-order valence-corrected chi connectivity index (χ2v) is 5.19. The van der Waals surface area contributed by atoms with Crippen LogP contribution in [0.15, 0.2) is 0 Å². The van der Waals surface area contributed by atoms with Crippen LogP contribution in [0.3, 0.4) is 0 Å². The molecule has 2 heterocycles. The van der Waals surface area contributed by atoms with Crippen LogP contribution in [-0.2, 0) is 9.59 Å². The van der Waals surface area contributed by atoms with E-state index < -0.39 is 0 Å². The van der Waals surface area contributed by atoms with Gasteiger partial charge in [-0.05, 0) is 38.6 Å². The van der Waals surface area contributed by atoms with E-state index in [1.807, 2.05) is 0 Å². The standard InChI is InChI=1S/C13H23N3O2.ClH/c1-14-13(18)11-5-3-9-16(11)12(17)7-6-10-4-2-8-15-10;/h10-11,15H,2-9H2,1H3,(H,14,18);1H. The number of likely N-dealkylation sites (tertiary alicyclic amines) is 1. The van der Waals surface area contributed by atoms with Crippen LogP contribution >= 0.6 is 12.4 Å². The van der Waals surface area contributed by atoms with E-state index in [-0.39, 0.29) is 30.3 Å². The fraction of sp³-hybridized carbons (Fsp3) is 0.846. The Bertz CT molecular complexity index is 319. The molecule has 2 fully saturated rings. The van der Waals surface area contributed by atoms with E-state index in [0.717, 1.165) is 32.4 Å². The van der Waals surface area contributed by atoms with Gasteiger partial charge in [-0.1, -0.05) is 0 Å². The Hall–Kier alpha value is -0.810. The van der Waals surface area contributed by atoms with Gasteiger partial charge in [0.1, 0.15) is 6.04 Å². The van der Waals surface area contributed by atoms with Crippen molar-refractivity contribution in [2.75, 3.05) is 20.1 Å². The van der Waals surface area contributed by atoms with Crippen molar-refractivity contribution in [2.45, 2.75) is 50.6 Å². The van der Waals surface area contributed by atoms with E-state index in [9.17, 15) is 9.59 Å². The van der Waals surface area contributed by atoms with Gasteiger partial charge in [-0.25, -0.2) is 0 Å². The van der Waals surface area contributed by atoms with Crippen molar-refractivity contribution >= 4 is 24.2 Å². The van der Waals surface area contributed by atoms with Crippen LogP contribution in [0.5, 0.6) is 0 Å². The van der Waals surface area contributed by atoms with Crippen molar-refractivity contribution in [2.24, 2.45) is 0 Å². The van der Waals surface area contributed by atoms with Gasteiger partial charge in [0.15, 0.2) is 0 Å². The van der Waals surface area contributed by atoms with Gasteiger partial charge in [-0.15, -0.1) is 12.4 Å². The van der Waals surface area contributed by atoms with E-state index in [1.165, 1.54) is 12.8 Å². The van der Waals surface area contributed by atoms with E-state index in [0.29, 0.717) is 12.5 Å². The molecule has 0 saturated carbocycles. The minimum absolute atomic E-state index is 0. The maximum absolute atomic E-state index is 12.2. The molecule has 2 amide bonds. The molecule has 2 aliphatic rings. The van der Waals surface area contributed by atoms with Crippen LogP contribution in [0.2, 0.25) is 0 Å². The molecule has 110 valence electrons. The van der Waals surface area contributed by atoms with E-state index in [4.69, 9.17) is 0 Å². The zero-order valence-electron chi connectivity index (χ0n) is 11.5. The molecular weight excluding hydrogens is 266 g/mol. The first kappa shape index (κ1) is 16.2. The maximum Gasteiger partial charge on any atom is 0.242 e. The highest BCUT2D eigenvalue weighted by atomic mass is 35.5. The topological polar surface area (TPSA) is 61.4 Å². The van der Waals surface area contributed by atoms with Crippen LogP contribution in [0.25, 0.3) is 0 Å². The monoisotopic (exact) mass is 289 g/mol. The number of hydrogen-bond donors (Lipinski definition) is 2. The molecule has 5 nitrogen and oxygen atoms in total. The second-order valence-electron chi connectivity index (χ2n) is 5.19. The summed E-state index contributed by atoms with van der Waals surface area (Å²) in [7, 11) is 1.63. The van der Waals surface area contributed by atoms with Crippen molar-refractivity contribution in [3.63, 3.8) is 0 Å². The molecule has 2 atom stereocenters. The van der Waals surface area contributed by atoms with Crippen molar-refractivity contribution in [1.82, 2.24) is 15.5 Å². The highest BCUT2D eigenvalue weighted by Gasteiger charge is 2.33. The van der Waals surface area contributed by atoms with Gasteiger partial charge >= 0.3 is 0 Å². The fourth-order valence-corrected chi connectivity index (χ4v) is 2.95. The number of carbonyl (C=O) groups is 2. The molecule has 19 heavy (non-hydrogen) atoms. The third-order valence-corrected chi connectivity index (χ3v) is 3.99. The van der Waals surface area contributed by atoms with Gasteiger partial charge in [0.05, 0.1) is 0 Å². The van der Waals surface area contributed by atoms with Crippen LogP contribution in [-0.4, -0.2) is 48.9 Å². The third-order valence-electron chi connectivity index (χ3n) is 3.99. The summed E-state index contributed by atoms with van der Waals surface area (Å²) in [5, 5.41) is 6.04. The Morgan fingerprint density at radius 2 is 2.11 bits per heavy atom. The average molecular weight is 290 g/mol. The lowest BCUT2D eigenvalue weighted by molar-refractivity contribution is -0.138.